The number of hydrogen-bond acceptors (Lipinski definition) is 4. The summed E-state index contributed by atoms with van der Waals surface area (Å²) in [6, 6.07) is 2.02. The van der Waals surface area contributed by atoms with Crippen molar-refractivity contribution >= 4 is 5.78 Å². The molecule has 2 rings (SSSR count). The Morgan fingerprint density at radius 3 is 2.95 bits per heavy atom. The number of nitrogens with zero attached hydrogens (tertiary/aromatic N) is 1. The van der Waals surface area contributed by atoms with E-state index in [1.165, 1.54) is 0 Å². The average molecular weight is 285 g/mol. The predicted molar refractivity (Wildman–Crippen MR) is 68.5 cm³/mol. The zero-order valence-electron chi connectivity index (χ0n) is 11.2. The first-order valence-corrected chi connectivity index (χ1v) is 6.48. The fraction of sp³-hybridized carbons (Fsp3) is 0.500. The van der Waals surface area contributed by atoms with Gasteiger partial charge < -0.3 is 9.84 Å². The molecular weight excluding hydrogens is 268 g/mol. The van der Waals surface area contributed by atoms with Gasteiger partial charge in [-0.1, -0.05) is 0 Å². The number of rotatable bonds is 4. The van der Waals surface area contributed by atoms with Crippen LogP contribution in [-0.4, -0.2) is 54.2 Å². The van der Waals surface area contributed by atoms with Crippen LogP contribution in [0.5, 0.6) is 0 Å². The normalized spacial score (nSPS) is 21.7. The summed E-state index contributed by atoms with van der Waals surface area (Å²) in [5.41, 5.74) is -0.137. The topological polar surface area (TPSA) is 49.8 Å². The first kappa shape index (κ1) is 15.0. The van der Waals surface area contributed by atoms with Gasteiger partial charge in [0.2, 0.25) is 0 Å². The van der Waals surface area contributed by atoms with E-state index in [2.05, 4.69) is 0 Å². The number of benzene rings is 1. The largest absolute Gasteiger partial charge is 0.395 e. The van der Waals surface area contributed by atoms with Crippen molar-refractivity contribution in [3.8, 4) is 0 Å². The molecule has 1 aromatic carbocycles. The minimum atomic E-state index is -0.865. The lowest BCUT2D eigenvalue weighted by molar-refractivity contribution is -0.0390. The van der Waals surface area contributed by atoms with Gasteiger partial charge in [0.05, 0.1) is 37.5 Å². The van der Waals surface area contributed by atoms with Crippen LogP contribution >= 0.6 is 0 Å². The van der Waals surface area contributed by atoms with E-state index in [1.807, 2.05) is 0 Å². The molecule has 0 aliphatic carbocycles. The number of halogens is 2. The number of morpholine rings is 1. The van der Waals surface area contributed by atoms with Crippen LogP contribution in [0.4, 0.5) is 8.78 Å². The van der Waals surface area contributed by atoms with E-state index in [-0.39, 0.29) is 18.2 Å². The molecule has 1 aromatic rings. The molecule has 0 spiro atoms. The van der Waals surface area contributed by atoms with Gasteiger partial charge in [-0.2, -0.15) is 0 Å². The van der Waals surface area contributed by atoms with Crippen molar-refractivity contribution < 1.29 is 23.4 Å². The van der Waals surface area contributed by atoms with Crippen LogP contribution < -0.4 is 0 Å². The second-order valence-corrected chi connectivity index (χ2v) is 4.81. The molecule has 1 aliphatic heterocycles. The summed E-state index contributed by atoms with van der Waals surface area (Å²) < 4.78 is 31.8. The highest BCUT2D eigenvalue weighted by atomic mass is 19.1. The molecular formula is C14H17F2NO3. The maximum Gasteiger partial charge on any atom is 0.182 e. The van der Waals surface area contributed by atoms with E-state index in [9.17, 15) is 18.7 Å². The molecule has 0 aromatic heterocycles. The second kappa shape index (κ2) is 6.39. The van der Waals surface area contributed by atoms with Crippen LogP contribution in [0.2, 0.25) is 0 Å². The van der Waals surface area contributed by atoms with E-state index in [1.54, 1.807) is 11.8 Å². The standard InChI is InChI=1S/C14H17F2NO3/c1-9(17-4-5-20-8-11(17)7-18)14(19)12-3-2-10(15)6-13(12)16/h2-3,6,9,11,18H,4-5,7-8H2,1H3. The molecule has 1 fully saturated rings. The van der Waals surface area contributed by atoms with Gasteiger partial charge in [0.25, 0.3) is 0 Å². The van der Waals surface area contributed by atoms with Crippen molar-refractivity contribution in [1.82, 2.24) is 4.90 Å². The summed E-state index contributed by atoms with van der Waals surface area (Å²) in [6.07, 6.45) is 0. The summed E-state index contributed by atoms with van der Waals surface area (Å²) in [4.78, 5) is 14.1. The van der Waals surface area contributed by atoms with E-state index in [0.717, 1.165) is 12.1 Å². The Morgan fingerprint density at radius 2 is 2.30 bits per heavy atom. The number of aliphatic hydroxyl groups excluding tert-OH is 1. The minimum Gasteiger partial charge on any atom is -0.395 e. The molecule has 0 radical (unpaired) electrons. The van der Waals surface area contributed by atoms with E-state index in [0.29, 0.717) is 25.8 Å². The smallest absolute Gasteiger partial charge is 0.182 e. The fourth-order valence-corrected chi connectivity index (χ4v) is 2.40. The summed E-state index contributed by atoms with van der Waals surface area (Å²) in [7, 11) is 0. The first-order valence-electron chi connectivity index (χ1n) is 6.48. The van der Waals surface area contributed by atoms with Crippen molar-refractivity contribution in [2.24, 2.45) is 0 Å². The molecule has 0 saturated carbocycles. The van der Waals surface area contributed by atoms with Crippen LogP contribution in [0.1, 0.15) is 17.3 Å². The highest BCUT2D eigenvalue weighted by molar-refractivity contribution is 6.00. The Balaban J connectivity index is 2.18. The molecule has 110 valence electrons. The fourth-order valence-electron chi connectivity index (χ4n) is 2.40. The van der Waals surface area contributed by atoms with Crippen molar-refractivity contribution in [1.29, 1.82) is 0 Å². The van der Waals surface area contributed by atoms with Crippen molar-refractivity contribution in [2.75, 3.05) is 26.4 Å². The maximum atomic E-state index is 13.7. The number of hydrogen-bond donors (Lipinski definition) is 1. The molecule has 2 unspecified atom stereocenters. The van der Waals surface area contributed by atoms with Gasteiger partial charge in [0.1, 0.15) is 11.6 Å². The molecule has 4 nitrogen and oxygen atoms in total. The van der Waals surface area contributed by atoms with Gasteiger partial charge in [-0.15, -0.1) is 0 Å². The molecule has 2 atom stereocenters. The predicted octanol–water partition coefficient (Wildman–Crippen LogP) is 1.23. The average Bonchev–Trinajstić information content (AvgIpc) is 2.45. The molecule has 1 N–H and O–H groups in total. The third-order valence-corrected chi connectivity index (χ3v) is 3.56. The van der Waals surface area contributed by atoms with E-state index < -0.39 is 23.5 Å². The number of ether oxygens (including phenoxy) is 1. The minimum absolute atomic E-state index is 0.135. The zero-order chi connectivity index (χ0) is 14.7. The summed E-state index contributed by atoms with van der Waals surface area (Å²) in [5, 5.41) is 9.30. The monoisotopic (exact) mass is 285 g/mol. The Hall–Kier alpha value is -1.37. The molecule has 1 saturated heterocycles. The summed E-state index contributed by atoms with van der Waals surface area (Å²) >= 11 is 0. The summed E-state index contributed by atoms with van der Waals surface area (Å²) in [5.74, 6) is -2.01. The van der Waals surface area contributed by atoms with E-state index in [4.69, 9.17) is 4.74 Å². The molecule has 1 heterocycles. The van der Waals surface area contributed by atoms with E-state index >= 15 is 0 Å². The molecule has 0 bridgehead atoms. The van der Waals surface area contributed by atoms with Gasteiger partial charge in [0, 0.05) is 12.6 Å². The molecule has 6 heteroatoms. The van der Waals surface area contributed by atoms with Crippen molar-refractivity contribution in [3.05, 3.63) is 35.4 Å². The summed E-state index contributed by atoms with van der Waals surface area (Å²) in [6.45, 7) is 2.80. The van der Waals surface area contributed by atoms with Crippen LogP contribution in [0.15, 0.2) is 18.2 Å². The third-order valence-electron chi connectivity index (χ3n) is 3.56. The van der Waals surface area contributed by atoms with Crippen molar-refractivity contribution in [3.63, 3.8) is 0 Å². The Morgan fingerprint density at radius 1 is 1.55 bits per heavy atom. The van der Waals surface area contributed by atoms with Gasteiger partial charge in [0.15, 0.2) is 5.78 Å². The number of Topliss-reactive ketones (excluding diaryl/α,β-unsaturated/α-hetero) is 1. The lowest BCUT2D eigenvalue weighted by Crippen LogP contribution is -2.54. The van der Waals surface area contributed by atoms with Gasteiger partial charge in [-0.05, 0) is 19.1 Å². The number of carbonyl (C=O) groups excluding carboxylic acids is 1. The number of aliphatic hydroxyl groups is 1. The van der Waals surface area contributed by atoms with Crippen LogP contribution in [0.25, 0.3) is 0 Å². The van der Waals surface area contributed by atoms with Gasteiger partial charge in [-0.3, -0.25) is 9.69 Å². The Kier molecular flexibility index (Phi) is 4.80. The highest BCUT2D eigenvalue weighted by Crippen LogP contribution is 2.18. The molecule has 20 heavy (non-hydrogen) atoms. The van der Waals surface area contributed by atoms with Crippen molar-refractivity contribution in [2.45, 2.75) is 19.0 Å². The SMILES string of the molecule is CC(C(=O)c1ccc(F)cc1F)N1CCOCC1CO. The Bertz CT molecular complexity index is 495. The lowest BCUT2D eigenvalue weighted by Gasteiger charge is -2.38. The van der Waals surface area contributed by atoms with Crippen LogP contribution in [0, 0.1) is 11.6 Å². The molecule has 0 amide bonds. The highest BCUT2D eigenvalue weighted by Gasteiger charge is 2.31. The lowest BCUT2D eigenvalue weighted by atomic mass is 10.0. The van der Waals surface area contributed by atoms with Gasteiger partial charge in [-0.25, -0.2) is 8.78 Å². The quantitative estimate of drug-likeness (QED) is 0.845. The molecule has 1 aliphatic rings. The first-order chi connectivity index (χ1) is 9.54. The van der Waals surface area contributed by atoms with Gasteiger partial charge >= 0.3 is 0 Å². The second-order valence-electron chi connectivity index (χ2n) is 4.81. The zero-order valence-corrected chi connectivity index (χ0v) is 11.2. The Labute approximate surface area is 116 Å². The number of ketones is 1. The third kappa shape index (κ3) is 3.03. The van der Waals surface area contributed by atoms with Crippen LogP contribution in [0.3, 0.4) is 0 Å². The number of carbonyl (C=O) groups is 1. The van der Waals surface area contributed by atoms with Crippen LogP contribution in [-0.2, 0) is 4.74 Å². The maximum absolute atomic E-state index is 13.7.